The van der Waals surface area contributed by atoms with Gasteiger partial charge in [0.15, 0.2) is 5.82 Å². The number of furan rings is 1. The Balaban J connectivity index is 1.46. The average molecular weight is 337 g/mol. The molecule has 2 atom stereocenters. The summed E-state index contributed by atoms with van der Waals surface area (Å²) in [7, 11) is 0. The molecule has 0 unspecified atom stereocenters. The normalized spacial score (nSPS) is 21.1. The quantitative estimate of drug-likeness (QED) is 0.827. The zero-order chi connectivity index (χ0) is 16.9. The molecule has 2 amide bonds. The highest BCUT2D eigenvalue weighted by atomic mass is 19.1. The standard InChI is InChI=1S/C15H20FN5O3/c1-10-19-14(20-24-10)8-21-7-12(16)4-13(21)6-18-15(22)17-5-11-2-3-23-9-11/h2-3,9,12-13H,4-8H2,1H3,(H2,17,18,22)/t12-,13-/m0/s1. The van der Waals surface area contributed by atoms with Gasteiger partial charge >= 0.3 is 6.03 Å². The number of aryl methyl sites for hydroxylation is 1. The Hall–Kier alpha value is -2.42. The number of hydrogen-bond acceptors (Lipinski definition) is 6. The number of aromatic nitrogens is 2. The second-order valence-electron chi connectivity index (χ2n) is 5.84. The van der Waals surface area contributed by atoms with E-state index >= 15 is 0 Å². The van der Waals surface area contributed by atoms with Crippen molar-refractivity contribution in [3.8, 4) is 0 Å². The van der Waals surface area contributed by atoms with Crippen LogP contribution in [0.5, 0.6) is 0 Å². The molecule has 130 valence electrons. The zero-order valence-corrected chi connectivity index (χ0v) is 13.4. The molecule has 1 aliphatic heterocycles. The monoisotopic (exact) mass is 337 g/mol. The van der Waals surface area contributed by atoms with E-state index in [-0.39, 0.29) is 12.1 Å². The zero-order valence-electron chi connectivity index (χ0n) is 13.4. The first-order valence-electron chi connectivity index (χ1n) is 7.80. The van der Waals surface area contributed by atoms with Crippen LogP contribution in [0, 0.1) is 6.92 Å². The predicted octanol–water partition coefficient (Wildman–Crippen LogP) is 1.38. The Morgan fingerprint density at radius 1 is 1.50 bits per heavy atom. The Bertz CT molecular complexity index is 660. The average Bonchev–Trinajstić information content (AvgIpc) is 3.26. The second-order valence-corrected chi connectivity index (χ2v) is 5.84. The SMILES string of the molecule is Cc1nc(CN2C[C@@H](F)C[C@H]2CNC(=O)NCc2ccoc2)no1. The summed E-state index contributed by atoms with van der Waals surface area (Å²) in [5.41, 5.74) is 0.879. The molecule has 1 fully saturated rings. The summed E-state index contributed by atoms with van der Waals surface area (Å²) in [6.45, 7) is 3.15. The van der Waals surface area contributed by atoms with Crippen molar-refractivity contribution in [1.82, 2.24) is 25.7 Å². The van der Waals surface area contributed by atoms with Crippen LogP contribution < -0.4 is 10.6 Å². The molecule has 2 N–H and O–H groups in total. The summed E-state index contributed by atoms with van der Waals surface area (Å²) in [6.07, 6.45) is 2.57. The van der Waals surface area contributed by atoms with E-state index in [0.717, 1.165) is 5.56 Å². The lowest BCUT2D eigenvalue weighted by Crippen LogP contribution is -2.43. The summed E-state index contributed by atoms with van der Waals surface area (Å²) in [5.74, 6) is 1.00. The van der Waals surface area contributed by atoms with Crippen LogP contribution in [-0.2, 0) is 13.1 Å². The number of carbonyl (C=O) groups is 1. The lowest BCUT2D eigenvalue weighted by molar-refractivity contribution is 0.214. The molecule has 0 radical (unpaired) electrons. The summed E-state index contributed by atoms with van der Waals surface area (Å²) in [4.78, 5) is 17.9. The largest absolute Gasteiger partial charge is 0.472 e. The number of amides is 2. The van der Waals surface area contributed by atoms with Gasteiger partial charge < -0.3 is 19.6 Å². The van der Waals surface area contributed by atoms with Gasteiger partial charge in [0.1, 0.15) is 6.17 Å². The van der Waals surface area contributed by atoms with Crippen LogP contribution in [0.1, 0.15) is 23.7 Å². The Morgan fingerprint density at radius 2 is 2.38 bits per heavy atom. The third kappa shape index (κ3) is 4.31. The van der Waals surface area contributed by atoms with E-state index in [2.05, 4.69) is 20.8 Å². The minimum atomic E-state index is -0.918. The van der Waals surface area contributed by atoms with Gasteiger partial charge in [-0.05, 0) is 12.5 Å². The fourth-order valence-electron chi connectivity index (χ4n) is 2.76. The molecular formula is C15H20FN5O3. The van der Waals surface area contributed by atoms with Gasteiger partial charge in [-0.15, -0.1) is 0 Å². The van der Waals surface area contributed by atoms with Crippen molar-refractivity contribution in [2.75, 3.05) is 13.1 Å². The van der Waals surface area contributed by atoms with Crippen molar-refractivity contribution in [2.24, 2.45) is 0 Å². The predicted molar refractivity (Wildman–Crippen MR) is 81.7 cm³/mol. The van der Waals surface area contributed by atoms with Crippen LogP contribution in [0.3, 0.4) is 0 Å². The van der Waals surface area contributed by atoms with E-state index < -0.39 is 6.17 Å². The Morgan fingerprint density at radius 3 is 3.08 bits per heavy atom. The minimum Gasteiger partial charge on any atom is -0.472 e. The molecule has 0 aliphatic carbocycles. The maximum atomic E-state index is 13.7. The number of nitrogens with one attached hydrogen (secondary N) is 2. The van der Waals surface area contributed by atoms with E-state index in [1.165, 1.54) is 0 Å². The topological polar surface area (TPSA) is 96.4 Å². The van der Waals surface area contributed by atoms with Crippen LogP contribution in [-0.4, -0.2) is 46.4 Å². The highest BCUT2D eigenvalue weighted by molar-refractivity contribution is 5.73. The molecule has 2 aromatic rings. The van der Waals surface area contributed by atoms with Crippen molar-refractivity contribution < 1.29 is 18.1 Å². The molecule has 0 spiro atoms. The molecule has 3 rings (SSSR count). The summed E-state index contributed by atoms with van der Waals surface area (Å²) >= 11 is 0. The number of rotatable bonds is 6. The smallest absolute Gasteiger partial charge is 0.315 e. The first-order chi connectivity index (χ1) is 11.6. The van der Waals surface area contributed by atoms with E-state index in [9.17, 15) is 9.18 Å². The Kier molecular flexibility index (Phi) is 5.09. The number of urea groups is 1. The molecule has 1 aliphatic rings. The molecule has 0 aromatic carbocycles. The van der Waals surface area contributed by atoms with Gasteiger partial charge in [-0.2, -0.15) is 4.98 Å². The third-order valence-electron chi connectivity index (χ3n) is 3.92. The third-order valence-corrected chi connectivity index (χ3v) is 3.92. The number of carbonyl (C=O) groups excluding carboxylic acids is 1. The maximum absolute atomic E-state index is 13.7. The van der Waals surface area contributed by atoms with Crippen molar-refractivity contribution in [1.29, 1.82) is 0 Å². The van der Waals surface area contributed by atoms with Gasteiger partial charge in [-0.3, -0.25) is 4.90 Å². The lowest BCUT2D eigenvalue weighted by Gasteiger charge is -2.22. The van der Waals surface area contributed by atoms with Crippen molar-refractivity contribution in [3.63, 3.8) is 0 Å². The molecule has 0 saturated carbocycles. The van der Waals surface area contributed by atoms with Crippen molar-refractivity contribution in [2.45, 2.75) is 38.6 Å². The van der Waals surface area contributed by atoms with E-state index in [1.807, 2.05) is 4.90 Å². The van der Waals surface area contributed by atoms with E-state index in [1.54, 1.807) is 25.5 Å². The first kappa shape index (κ1) is 16.4. The summed E-state index contributed by atoms with van der Waals surface area (Å²) in [5, 5.41) is 9.33. The van der Waals surface area contributed by atoms with Gasteiger partial charge in [0, 0.05) is 38.2 Å². The molecule has 1 saturated heterocycles. The number of alkyl halides is 1. The summed E-state index contributed by atoms with van der Waals surface area (Å²) < 4.78 is 23.6. The number of likely N-dealkylation sites (tertiary alicyclic amines) is 1. The highest BCUT2D eigenvalue weighted by Crippen LogP contribution is 2.21. The van der Waals surface area contributed by atoms with Gasteiger partial charge in [0.2, 0.25) is 5.89 Å². The van der Waals surface area contributed by atoms with Crippen molar-refractivity contribution >= 4 is 6.03 Å². The van der Waals surface area contributed by atoms with Gasteiger partial charge in [-0.1, -0.05) is 5.16 Å². The number of halogens is 1. The number of nitrogens with zero attached hydrogens (tertiary/aromatic N) is 3. The fourth-order valence-corrected chi connectivity index (χ4v) is 2.76. The molecular weight excluding hydrogens is 317 g/mol. The van der Waals surface area contributed by atoms with Crippen LogP contribution in [0.15, 0.2) is 27.5 Å². The lowest BCUT2D eigenvalue weighted by atomic mass is 10.2. The molecule has 0 bridgehead atoms. The van der Waals surface area contributed by atoms with Gasteiger partial charge in [0.05, 0.1) is 19.1 Å². The molecule has 24 heavy (non-hydrogen) atoms. The Labute approximate surface area is 138 Å². The van der Waals surface area contributed by atoms with Gasteiger partial charge in [-0.25, -0.2) is 9.18 Å². The molecule has 9 heteroatoms. The van der Waals surface area contributed by atoms with Gasteiger partial charge in [0.25, 0.3) is 0 Å². The second kappa shape index (κ2) is 7.43. The first-order valence-corrected chi connectivity index (χ1v) is 7.80. The van der Waals surface area contributed by atoms with E-state index in [4.69, 9.17) is 8.94 Å². The molecule has 3 heterocycles. The summed E-state index contributed by atoms with van der Waals surface area (Å²) in [6, 6.07) is 1.38. The molecule has 2 aromatic heterocycles. The van der Waals surface area contributed by atoms with E-state index in [0.29, 0.717) is 44.3 Å². The minimum absolute atomic E-state index is 0.0986. The molecule has 8 nitrogen and oxygen atoms in total. The van der Waals surface area contributed by atoms with Crippen LogP contribution >= 0.6 is 0 Å². The maximum Gasteiger partial charge on any atom is 0.315 e. The van der Waals surface area contributed by atoms with Crippen molar-refractivity contribution in [3.05, 3.63) is 35.9 Å². The fraction of sp³-hybridized carbons (Fsp3) is 0.533. The van der Waals surface area contributed by atoms with Crippen LogP contribution in [0.25, 0.3) is 0 Å². The highest BCUT2D eigenvalue weighted by Gasteiger charge is 2.33. The van der Waals surface area contributed by atoms with Crippen LogP contribution in [0.4, 0.5) is 9.18 Å². The number of hydrogen-bond donors (Lipinski definition) is 2. The van der Waals surface area contributed by atoms with Crippen LogP contribution in [0.2, 0.25) is 0 Å².